The Kier molecular flexibility index (Phi) is 4.98. The molecule has 0 saturated heterocycles. The minimum absolute atomic E-state index is 0.0253. The number of nitrogens with zero attached hydrogens (tertiary/aromatic N) is 1. The Morgan fingerprint density at radius 3 is 2.44 bits per heavy atom. The largest absolute Gasteiger partial charge is 0.397 e. The third-order valence-electron chi connectivity index (χ3n) is 4.74. The number of amides is 1. The van der Waals surface area contributed by atoms with Crippen molar-refractivity contribution in [2.24, 2.45) is 11.1 Å². The van der Waals surface area contributed by atoms with Gasteiger partial charge in [0.25, 0.3) is 0 Å². The summed E-state index contributed by atoms with van der Waals surface area (Å²) in [4.78, 5) is 24.7. The Morgan fingerprint density at radius 2 is 1.81 bits per heavy atom. The van der Waals surface area contributed by atoms with E-state index in [2.05, 4.69) is 0 Å². The Bertz CT molecular complexity index is 1020. The first kappa shape index (κ1) is 19.0. The molecule has 0 radical (unpaired) electrons. The number of fused-ring (bicyclic) bond motifs is 1. The van der Waals surface area contributed by atoms with Gasteiger partial charge in [-0.1, -0.05) is 41.9 Å². The number of nitrogens with two attached hydrogens (primary N) is 2. The minimum atomic E-state index is -0.778. The van der Waals surface area contributed by atoms with Crippen LogP contribution in [0, 0.1) is 5.41 Å². The maximum absolute atomic E-state index is 13.0. The summed E-state index contributed by atoms with van der Waals surface area (Å²) >= 11 is 6.20. The number of nitrogen functional groups attached to an aromatic ring is 1. The first-order valence-electron chi connectivity index (χ1n) is 8.64. The topological polar surface area (TPSA) is 91.1 Å². The Balaban J connectivity index is 2.08. The summed E-state index contributed by atoms with van der Waals surface area (Å²) < 4.78 is 1.85. The third-order valence-corrected chi connectivity index (χ3v) is 5.07. The van der Waals surface area contributed by atoms with Crippen molar-refractivity contribution < 1.29 is 9.59 Å². The number of hydrogen-bond donors (Lipinski definition) is 2. The van der Waals surface area contributed by atoms with Crippen molar-refractivity contribution in [1.29, 1.82) is 0 Å². The molecule has 1 heterocycles. The predicted octanol–water partition coefficient (Wildman–Crippen LogP) is 3.81. The number of carbonyl (C=O) groups is 2. The Morgan fingerprint density at radius 1 is 1.15 bits per heavy atom. The van der Waals surface area contributed by atoms with Gasteiger partial charge in [-0.05, 0) is 31.5 Å². The molecule has 6 heteroatoms. The second-order valence-corrected chi connectivity index (χ2v) is 7.80. The van der Waals surface area contributed by atoms with Gasteiger partial charge in [0, 0.05) is 30.1 Å². The summed E-state index contributed by atoms with van der Waals surface area (Å²) in [6, 6.07) is 13.0. The van der Waals surface area contributed by atoms with Crippen LogP contribution in [0.15, 0.2) is 48.7 Å². The van der Waals surface area contributed by atoms with E-state index in [-0.39, 0.29) is 12.2 Å². The summed E-state index contributed by atoms with van der Waals surface area (Å²) in [5, 5.41) is 1.11. The maximum atomic E-state index is 13.0. The number of primary amides is 1. The standard InChI is InChI=1S/C21H22ClN3O2/c1-21(2,20(24)27)12-25-11-15(14-9-16(22)17(23)10-18(14)25)19(26)8-13-6-4-3-5-7-13/h3-7,9-11H,8,12,23H2,1-2H3,(H2,24,27). The van der Waals surface area contributed by atoms with E-state index in [0.717, 1.165) is 16.5 Å². The molecule has 0 aliphatic rings. The molecule has 4 N–H and O–H groups in total. The first-order chi connectivity index (χ1) is 12.7. The molecule has 0 atom stereocenters. The van der Waals surface area contributed by atoms with Crippen LogP contribution in [-0.2, 0) is 17.8 Å². The fourth-order valence-corrected chi connectivity index (χ4v) is 3.22. The minimum Gasteiger partial charge on any atom is -0.397 e. The molecule has 1 amide bonds. The van der Waals surface area contributed by atoms with E-state index >= 15 is 0 Å². The number of rotatable bonds is 6. The second-order valence-electron chi connectivity index (χ2n) is 7.40. The highest BCUT2D eigenvalue weighted by atomic mass is 35.5. The van der Waals surface area contributed by atoms with Gasteiger partial charge in [-0.2, -0.15) is 0 Å². The zero-order valence-electron chi connectivity index (χ0n) is 15.3. The number of anilines is 1. The lowest BCUT2D eigenvalue weighted by molar-refractivity contribution is -0.126. The summed E-state index contributed by atoms with van der Waals surface area (Å²) in [6.45, 7) is 3.87. The molecular formula is C21H22ClN3O2. The molecule has 5 nitrogen and oxygen atoms in total. The molecule has 140 valence electrons. The molecular weight excluding hydrogens is 362 g/mol. The molecule has 0 unspecified atom stereocenters. The first-order valence-corrected chi connectivity index (χ1v) is 9.02. The third kappa shape index (κ3) is 3.83. The van der Waals surface area contributed by atoms with Gasteiger partial charge in [0.2, 0.25) is 5.91 Å². The van der Waals surface area contributed by atoms with Crippen LogP contribution in [0.4, 0.5) is 5.69 Å². The lowest BCUT2D eigenvalue weighted by Crippen LogP contribution is -2.35. The van der Waals surface area contributed by atoms with Crippen molar-refractivity contribution in [3.05, 3.63) is 64.8 Å². The van der Waals surface area contributed by atoms with Crippen LogP contribution < -0.4 is 11.5 Å². The fraction of sp³-hybridized carbons (Fsp3) is 0.238. The molecule has 27 heavy (non-hydrogen) atoms. The number of aromatic nitrogens is 1. The van der Waals surface area contributed by atoms with Crippen molar-refractivity contribution in [3.8, 4) is 0 Å². The van der Waals surface area contributed by atoms with Crippen LogP contribution in [0.1, 0.15) is 29.8 Å². The number of carbonyl (C=O) groups excluding carboxylic acids is 2. The zero-order chi connectivity index (χ0) is 19.8. The van der Waals surface area contributed by atoms with E-state index in [9.17, 15) is 9.59 Å². The summed E-state index contributed by atoms with van der Waals surface area (Å²) in [5.74, 6) is -0.439. The van der Waals surface area contributed by atoms with Crippen molar-refractivity contribution >= 4 is 39.9 Å². The quantitative estimate of drug-likeness (QED) is 0.500. The van der Waals surface area contributed by atoms with Crippen molar-refractivity contribution in [3.63, 3.8) is 0 Å². The van der Waals surface area contributed by atoms with E-state index in [0.29, 0.717) is 22.8 Å². The van der Waals surface area contributed by atoms with Crippen LogP contribution in [0.5, 0.6) is 0 Å². The van der Waals surface area contributed by atoms with E-state index in [4.69, 9.17) is 23.1 Å². The van der Waals surface area contributed by atoms with Crippen LogP contribution in [0.3, 0.4) is 0 Å². The van der Waals surface area contributed by atoms with E-state index < -0.39 is 11.3 Å². The van der Waals surface area contributed by atoms with Crippen molar-refractivity contribution in [2.75, 3.05) is 5.73 Å². The van der Waals surface area contributed by atoms with Crippen LogP contribution >= 0.6 is 11.6 Å². The monoisotopic (exact) mass is 383 g/mol. The van der Waals surface area contributed by atoms with Gasteiger partial charge in [-0.25, -0.2) is 0 Å². The van der Waals surface area contributed by atoms with Gasteiger partial charge in [0.05, 0.1) is 21.6 Å². The molecule has 2 aromatic carbocycles. The molecule has 0 bridgehead atoms. The second kappa shape index (κ2) is 7.08. The number of Topliss-reactive ketones (excluding diaryl/α,β-unsaturated/α-hetero) is 1. The smallest absolute Gasteiger partial charge is 0.224 e. The molecule has 3 aromatic rings. The van der Waals surface area contributed by atoms with E-state index in [1.165, 1.54) is 0 Å². The van der Waals surface area contributed by atoms with Gasteiger partial charge in [0.1, 0.15) is 0 Å². The lowest BCUT2D eigenvalue weighted by atomic mass is 9.92. The number of hydrogen-bond acceptors (Lipinski definition) is 3. The van der Waals surface area contributed by atoms with Crippen LogP contribution in [0.25, 0.3) is 10.9 Å². The van der Waals surface area contributed by atoms with Gasteiger partial charge in [0.15, 0.2) is 5.78 Å². The highest BCUT2D eigenvalue weighted by molar-refractivity contribution is 6.34. The molecule has 0 aliphatic heterocycles. The Hall–Kier alpha value is -2.79. The molecule has 0 saturated carbocycles. The van der Waals surface area contributed by atoms with E-state index in [1.807, 2.05) is 34.9 Å². The summed E-state index contributed by atoms with van der Waals surface area (Å²) in [5.41, 5.74) is 13.4. The average Bonchev–Trinajstić information content (AvgIpc) is 2.93. The van der Waals surface area contributed by atoms with Gasteiger partial charge in [-0.3, -0.25) is 9.59 Å². The van der Waals surface area contributed by atoms with Crippen molar-refractivity contribution in [2.45, 2.75) is 26.8 Å². The van der Waals surface area contributed by atoms with Gasteiger partial charge < -0.3 is 16.0 Å². The van der Waals surface area contributed by atoms with E-state index in [1.54, 1.807) is 32.2 Å². The molecule has 0 spiro atoms. The number of halogens is 1. The van der Waals surface area contributed by atoms with Crippen molar-refractivity contribution in [1.82, 2.24) is 4.57 Å². The Labute approximate surface area is 162 Å². The fourth-order valence-electron chi connectivity index (χ4n) is 3.06. The molecule has 0 fully saturated rings. The number of benzene rings is 2. The zero-order valence-corrected chi connectivity index (χ0v) is 16.1. The summed E-state index contributed by atoms with van der Waals surface area (Å²) in [7, 11) is 0. The summed E-state index contributed by atoms with van der Waals surface area (Å²) in [6.07, 6.45) is 2.04. The highest BCUT2D eigenvalue weighted by Crippen LogP contribution is 2.32. The average molecular weight is 384 g/mol. The molecule has 0 aliphatic carbocycles. The van der Waals surface area contributed by atoms with Crippen LogP contribution in [0.2, 0.25) is 5.02 Å². The SMILES string of the molecule is CC(C)(Cn1cc(C(=O)Cc2ccccc2)c2cc(Cl)c(N)cc21)C(N)=O. The maximum Gasteiger partial charge on any atom is 0.224 e. The predicted molar refractivity (Wildman–Crippen MR) is 109 cm³/mol. The van der Waals surface area contributed by atoms with Crippen LogP contribution in [-0.4, -0.2) is 16.3 Å². The van der Waals surface area contributed by atoms with Gasteiger partial charge >= 0.3 is 0 Å². The molecule has 1 aromatic heterocycles. The van der Waals surface area contributed by atoms with Gasteiger partial charge in [-0.15, -0.1) is 0 Å². The molecule has 3 rings (SSSR count). The normalized spacial score (nSPS) is 11.7. The number of ketones is 1. The lowest BCUT2D eigenvalue weighted by Gasteiger charge is -2.21. The highest BCUT2D eigenvalue weighted by Gasteiger charge is 2.27.